The molecule has 1 atom stereocenters. The van der Waals surface area contributed by atoms with E-state index >= 15 is 0 Å². The van der Waals surface area contributed by atoms with Gasteiger partial charge in [0.2, 0.25) is 5.89 Å². The summed E-state index contributed by atoms with van der Waals surface area (Å²) in [5.41, 5.74) is 1.78. The summed E-state index contributed by atoms with van der Waals surface area (Å²) in [7, 11) is 0. The molecule has 1 saturated heterocycles. The second kappa shape index (κ2) is 12.2. The molecule has 1 N–H and O–H groups in total. The molecule has 2 heterocycles. The third-order valence-corrected chi connectivity index (χ3v) is 6.64. The molecule has 4 aromatic rings. The molecule has 40 heavy (non-hydrogen) atoms. The number of carbonyl (C=O) groups excluding carboxylic acids is 1. The minimum Gasteiger partial charge on any atom is -0.494 e. The second-order valence-electron chi connectivity index (χ2n) is 10.9. The number of carbonyl (C=O) groups is 1. The first-order chi connectivity index (χ1) is 19.2. The van der Waals surface area contributed by atoms with E-state index in [1.807, 2.05) is 75.4 Å². The Morgan fingerprint density at radius 2 is 1.77 bits per heavy atom. The van der Waals surface area contributed by atoms with Crippen molar-refractivity contribution in [1.82, 2.24) is 15.2 Å². The lowest BCUT2D eigenvalue weighted by atomic mass is 10.2. The van der Waals surface area contributed by atoms with Crippen molar-refractivity contribution in [3.63, 3.8) is 0 Å². The summed E-state index contributed by atoms with van der Waals surface area (Å²) in [5.74, 6) is 2.68. The number of halogens is 1. The molecule has 0 aliphatic carbocycles. The summed E-state index contributed by atoms with van der Waals surface area (Å²) >= 11 is 5.95. The minimum atomic E-state index is -0.487. The van der Waals surface area contributed by atoms with Crippen LogP contribution in [0.25, 0.3) is 22.6 Å². The Morgan fingerprint density at radius 1 is 1.05 bits per heavy atom. The average Bonchev–Trinajstić information content (AvgIpc) is 3.53. The number of rotatable bonds is 9. The first-order valence-electron chi connectivity index (χ1n) is 13.5. The zero-order chi connectivity index (χ0) is 28.1. The van der Waals surface area contributed by atoms with Crippen molar-refractivity contribution < 1.29 is 23.4 Å². The summed E-state index contributed by atoms with van der Waals surface area (Å²) < 4.78 is 23.2. The van der Waals surface area contributed by atoms with Gasteiger partial charge in [0.25, 0.3) is 0 Å². The smallest absolute Gasteiger partial charge is 0.407 e. The van der Waals surface area contributed by atoms with Gasteiger partial charge in [-0.2, -0.15) is 0 Å². The van der Waals surface area contributed by atoms with Crippen molar-refractivity contribution in [3.8, 4) is 28.7 Å². The van der Waals surface area contributed by atoms with Gasteiger partial charge in [-0.05, 0) is 94.3 Å². The number of hydrogen-bond donors (Lipinski definition) is 1. The monoisotopic (exact) mass is 563 g/mol. The van der Waals surface area contributed by atoms with Crippen LogP contribution in [0.15, 0.2) is 71.1 Å². The Bertz CT molecular complexity index is 1430. The zero-order valence-corrected chi connectivity index (χ0v) is 23.7. The SMILES string of the molecule is CC(C)(C)OC(=O)N[C@@H]1CCN(CCCOc2ccc(-c3nc4ccc(Oc5ccc(Cl)cc5)cc4o3)cc2)C1. The summed E-state index contributed by atoms with van der Waals surface area (Å²) in [5, 5.41) is 3.62. The maximum absolute atomic E-state index is 12.0. The van der Waals surface area contributed by atoms with E-state index in [9.17, 15) is 4.79 Å². The van der Waals surface area contributed by atoms with Crippen LogP contribution in [0.3, 0.4) is 0 Å². The lowest BCUT2D eigenvalue weighted by molar-refractivity contribution is 0.0505. The summed E-state index contributed by atoms with van der Waals surface area (Å²) in [6.45, 7) is 8.91. The number of amides is 1. The van der Waals surface area contributed by atoms with Crippen LogP contribution < -0.4 is 14.8 Å². The maximum atomic E-state index is 12.0. The highest BCUT2D eigenvalue weighted by Gasteiger charge is 2.25. The van der Waals surface area contributed by atoms with Crippen LogP contribution in [-0.2, 0) is 4.74 Å². The molecular formula is C31H34ClN3O5. The fourth-order valence-corrected chi connectivity index (χ4v) is 4.66. The van der Waals surface area contributed by atoms with E-state index in [1.165, 1.54) is 0 Å². The van der Waals surface area contributed by atoms with Crippen molar-refractivity contribution >= 4 is 28.8 Å². The normalized spacial score (nSPS) is 15.8. The standard InChI is InChI=1S/C31H34ClN3O5/c1-31(2,3)40-30(36)33-23-15-17-35(20-23)16-4-18-37-24-9-5-21(6-10-24)29-34-27-14-13-26(19-28(27)39-29)38-25-11-7-22(32)8-12-25/h5-14,19,23H,4,15-18,20H2,1-3H3,(H,33,36)/t23-/m1/s1. The summed E-state index contributed by atoms with van der Waals surface area (Å²) in [6, 6.07) is 20.6. The number of nitrogens with one attached hydrogen (secondary N) is 1. The molecule has 3 aromatic carbocycles. The van der Waals surface area contributed by atoms with E-state index in [0.717, 1.165) is 49.3 Å². The van der Waals surface area contributed by atoms with Gasteiger partial charge in [-0.25, -0.2) is 9.78 Å². The van der Waals surface area contributed by atoms with Gasteiger partial charge in [-0.15, -0.1) is 0 Å². The molecule has 0 saturated carbocycles. The first-order valence-corrected chi connectivity index (χ1v) is 13.9. The largest absolute Gasteiger partial charge is 0.494 e. The van der Waals surface area contributed by atoms with E-state index in [0.29, 0.717) is 34.6 Å². The lowest BCUT2D eigenvalue weighted by Crippen LogP contribution is -2.40. The highest BCUT2D eigenvalue weighted by atomic mass is 35.5. The van der Waals surface area contributed by atoms with Crippen LogP contribution in [0, 0.1) is 0 Å². The van der Waals surface area contributed by atoms with Crippen LogP contribution in [0.2, 0.25) is 5.02 Å². The summed E-state index contributed by atoms with van der Waals surface area (Å²) in [6.07, 6.45) is 1.47. The van der Waals surface area contributed by atoms with E-state index in [4.69, 9.17) is 30.2 Å². The van der Waals surface area contributed by atoms with E-state index in [-0.39, 0.29) is 12.1 Å². The quantitative estimate of drug-likeness (QED) is 0.214. The van der Waals surface area contributed by atoms with Crippen molar-refractivity contribution in [2.45, 2.75) is 45.3 Å². The van der Waals surface area contributed by atoms with E-state index in [1.54, 1.807) is 12.1 Å². The molecule has 1 aromatic heterocycles. The fraction of sp³-hybridized carbons (Fsp3) is 0.355. The molecule has 1 aliphatic rings. The number of nitrogens with zero attached hydrogens (tertiary/aromatic N) is 2. The molecule has 8 nitrogen and oxygen atoms in total. The van der Waals surface area contributed by atoms with Gasteiger partial charge >= 0.3 is 6.09 Å². The molecule has 1 amide bonds. The Hall–Kier alpha value is -3.75. The zero-order valence-electron chi connectivity index (χ0n) is 23.0. The predicted octanol–water partition coefficient (Wildman–Crippen LogP) is 7.31. The Kier molecular flexibility index (Phi) is 8.47. The molecule has 5 rings (SSSR count). The molecule has 210 valence electrons. The van der Waals surface area contributed by atoms with Crippen LogP contribution in [0.1, 0.15) is 33.6 Å². The predicted molar refractivity (Wildman–Crippen MR) is 155 cm³/mol. The van der Waals surface area contributed by atoms with Crippen molar-refractivity contribution in [2.24, 2.45) is 0 Å². The van der Waals surface area contributed by atoms with E-state index < -0.39 is 5.60 Å². The third-order valence-electron chi connectivity index (χ3n) is 6.39. The van der Waals surface area contributed by atoms with Crippen molar-refractivity contribution in [2.75, 3.05) is 26.2 Å². The number of aromatic nitrogens is 1. The highest BCUT2D eigenvalue weighted by Crippen LogP contribution is 2.30. The first kappa shape index (κ1) is 27.8. The molecule has 0 radical (unpaired) electrons. The van der Waals surface area contributed by atoms with Crippen molar-refractivity contribution in [3.05, 3.63) is 71.8 Å². The number of hydrogen-bond acceptors (Lipinski definition) is 7. The number of oxazole rings is 1. The van der Waals surface area contributed by atoms with E-state index in [2.05, 4.69) is 15.2 Å². The average molecular weight is 564 g/mol. The molecule has 0 bridgehead atoms. The number of benzene rings is 3. The van der Waals surface area contributed by atoms with Crippen LogP contribution >= 0.6 is 11.6 Å². The molecule has 0 unspecified atom stereocenters. The lowest BCUT2D eigenvalue weighted by Gasteiger charge is -2.22. The second-order valence-corrected chi connectivity index (χ2v) is 11.3. The number of alkyl carbamates (subject to hydrolysis) is 1. The Balaban J connectivity index is 1.07. The van der Waals surface area contributed by atoms with Gasteiger partial charge in [0, 0.05) is 42.3 Å². The molecule has 1 fully saturated rings. The van der Waals surface area contributed by atoms with Gasteiger partial charge in [0.15, 0.2) is 5.58 Å². The van der Waals surface area contributed by atoms with Gasteiger partial charge in [-0.1, -0.05) is 11.6 Å². The highest BCUT2D eigenvalue weighted by molar-refractivity contribution is 6.30. The summed E-state index contributed by atoms with van der Waals surface area (Å²) in [4.78, 5) is 18.9. The molecular weight excluding hydrogens is 530 g/mol. The third kappa shape index (κ3) is 7.67. The van der Waals surface area contributed by atoms with Crippen LogP contribution in [0.4, 0.5) is 4.79 Å². The minimum absolute atomic E-state index is 0.123. The Morgan fingerprint density at radius 3 is 2.52 bits per heavy atom. The van der Waals surface area contributed by atoms with Gasteiger partial charge in [0.05, 0.1) is 6.61 Å². The number of likely N-dealkylation sites (tertiary alicyclic amines) is 1. The molecule has 0 spiro atoms. The fourth-order valence-electron chi connectivity index (χ4n) is 4.53. The molecule has 9 heteroatoms. The molecule has 1 aliphatic heterocycles. The van der Waals surface area contributed by atoms with Gasteiger partial charge < -0.3 is 28.8 Å². The van der Waals surface area contributed by atoms with Crippen LogP contribution in [-0.4, -0.2) is 53.9 Å². The Labute approximate surface area is 239 Å². The van der Waals surface area contributed by atoms with Gasteiger partial charge in [0.1, 0.15) is 28.4 Å². The number of fused-ring (bicyclic) bond motifs is 1. The van der Waals surface area contributed by atoms with Gasteiger partial charge in [-0.3, -0.25) is 0 Å². The number of ether oxygens (including phenoxy) is 3. The van der Waals surface area contributed by atoms with Crippen LogP contribution in [0.5, 0.6) is 17.2 Å². The topological polar surface area (TPSA) is 86.1 Å². The maximum Gasteiger partial charge on any atom is 0.407 e. The van der Waals surface area contributed by atoms with Crippen molar-refractivity contribution in [1.29, 1.82) is 0 Å².